The van der Waals surface area contributed by atoms with Gasteiger partial charge < -0.3 is 24.2 Å². The smallest absolute Gasteiger partial charge is 0.412 e. The van der Waals surface area contributed by atoms with Gasteiger partial charge in [0.25, 0.3) is 0 Å². The van der Waals surface area contributed by atoms with Gasteiger partial charge in [-0.25, -0.2) is 4.79 Å². The summed E-state index contributed by atoms with van der Waals surface area (Å²) in [6.45, 7) is 1.71. The van der Waals surface area contributed by atoms with E-state index in [1.807, 2.05) is 13.1 Å². The van der Waals surface area contributed by atoms with E-state index in [9.17, 15) is 9.90 Å². The third-order valence-electron chi connectivity index (χ3n) is 5.72. The molecule has 32 heavy (non-hydrogen) atoms. The molecule has 1 aliphatic rings. The molecule has 2 aromatic carbocycles. The monoisotopic (exact) mass is 437 g/mol. The summed E-state index contributed by atoms with van der Waals surface area (Å²) in [7, 11) is 5.18. The van der Waals surface area contributed by atoms with Crippen molar-refractivity contribution in [2.45, 2.75) is 18.9 Å². The molecule has 8 nitrogen and oxygen atoms in total. The van der Waals surface area contributed by atoms with E-state index in [2.05, 4.69) is 9.88 Å². The number of hydrogen-bond donors (Lipinski definition) is 1. The van der Waals surface area contributed by atoms with Gasteiger partial charge >= 0.3 is 6.09 Å². The Balaban J connectivity index is 1.59. The molecule has 1 saturated heterocycles. The maximum absolute atomic E-state index is 12.0. The van der Waals surface area contributed by atoms with E-state index in [0.717, 1.165) is 36.8 Å². The Morgan fingerprint density at radius 1 is 1.09 bits per heavy atom. The summed E-state index contributed by atoms with van der Waals surface area (Å²) >= 11 is 0. The van der Waals surface area contributed by atoms with Crippen LogP contribution in [0.5, 0.6) is 23.0 Å². The second kappa shape index (κ2) is 9.32. The normalized spacial score (nSPS) is 16.5. The van der Waals surface area contributed by atoms with Gasteiger partial charge in [0.15, 0.2) is 11.5 Å². The molecule has 3 aromatic rings. The van der Waals surface area contributed by atoms with Crippen LogP contribution in [0.15, 0.2) is 48.7 Å². The first-order chi connectivity index (χ1) is 15.5. The second-order valence-electron chi connectivity index (χ2n) is 7.84. The van der Waals surface area contributed by atoms with Crippen LogP contribution in [0.2, 0.25) is 0 Å². The van der Waals surface area contributed by atoms with Crippen molar-refractivity contribution >= 4 is 22.7 Å². The van der Waals surface area contributed by atoms with E-state index in [1.165, 1.54) is 4.90 Å². The van der Waals surface area contributed by atoms with E-state index in [1.54, 1.807) is 56.8 Å². The number of pyridine rings is 1. The zero-order valence-corrected chi connectivity index (χ0v) is 18.4. The van der Waals surface area contributed by atoms with Crippen LogP contribution in [0.25, 0.3) is 10.9 Å². The van der Waals surface area contributed by atoms with Crippen molar-refractivity contribution in [3.8, 4) is 23.0 Å². The van der Waals surface area contributed by atoms with Crippen LogP contribution < -0.4 is 19.1 Å². The highest BCUT2D eigenvalue weighted by atomic mass is 16.5. The fourth-order valence-corrected chi connectivity index (χ4v) is 4.17. The van der Waals surface area contributed by atoms with Crippen LogP contribution in [0.1, 0.15) is 12.8 Å². The Bertz CT molecular complexity index is 1100. The first kappa shape index (κ1) is 21.7. The Hall–Kier alpha value is -3.52. The van der Waals surface area contributed by atoms with Crippen LogP contribution in [-0.4, -0.2) is 61.5 Å². The van der Waals surface area contributed by atoms with Crippen molar-refractivity contribution in [3.63, 3.8) is 0 Å². The van der Waals surface area contributed by atoms with Crippen molar-refractivity contribution in [1.82, 2.24) is 9.88 Å². The summed E-state index contributed by atoms with van der Waals surface area (Å²) in [5.74, 6) is 2.40. The Labute approximate surface area is 186 Å². The van der Waals surface area contributed by atoms with Crippen LogP contribution >= 0.6 is 0 Å². The summed E-state index contributed by atoms with van der Waals surface area (Å²) in [5.41, 5.74) is 1.35. The number of methoxy groups -OCH3 is 2. The number of piperidine rings is 1. The number of aromatic nitrogens is 1. The van der Waals surface area contributed by atoms with Gasteiger partial charge in [0.1, 0.15) is 11.5 Å². The van der Waals surface area contributed by atoms with Crippen molar-refractivity contribution < 1.29 is 24.1 Å². The summed E-state index contributed by atoms with van der Waals surface area (Å²) in [5, 5.41) is 10.6. The molecule has 1 unspecified atom stereocenters. The molecular formula is C24H27N3O5. The quantitative estimate of drug-likeness (QED) is 0.602. The zero-order valence-electron chi connectivity index (χ0n) is 18.4. The van der Waals surface area contributed by atoms with Crippen LogP contribution in [0, 0.1) is 0 Å². The summed E-state index contributed by atoms with van der Waals surface area (Å²) in [4.78, 5) is 20.0. The van der Waals surface area contributed by atoms with Gasteiger partial charge in [-0.15, -0.1) is 0 Å². The van der Waals surface area contributed by atoms with Gasteiger partial charge in [-0.3, -0.25) is 9.88 Å². The minimum absolute atomic E-state index is 0.0652. The van der Waals surface area contributed by atoms with Crippen molar-refractivity contribution in [2.24, 2.45) is 0 Å². The molecule has 1 N–H and O–H groups in total. The number of rotatable bonds is 6. The maximum Gasteiger partial charge on any atom is 0.412 e. The number of fused-ring (bicyclic) bond motifs is 1. The molecule has 168 valence electrons. The summed E-state index contributed by atoms with van der Waals surface area (Å²) < 4.78 is 16.9. The van der Waals surface area contributed by atoms with E-state index < -0.39 is 6.09 Å². The highest BCUT2D eigenvalue weighted by Gasteiger charge is 2.28. The first-order valence-corrected chi connectivity index (χ1v) is 10.5. The van der Waals surface area contributed by atoms with Gasteiger partial charge in [0.05, 0.1) is 25.8 Å². The van der Waals surface area contributed by atoms with Gasteiger partial charge in [-0.2, -0.15) is 0 Å². The molecule has 0 aliphatic carbocycles. The van der Waals surface area contributed by atoms with E-state index in [4.69, 9.17) is 14.2 Å². The maximum atomic E-state index is 12.0. The molecule has 1 fully saturated rings. The largest absolute Gasteiger partial charge is 0.493 e. The average molecular weight is 437 g/mol. The molecule has 4 rings (SSSR count). The molecule has 0 radical (unpaired) electrons. The van der Waals surface area contributed by atoms with E-state index >= 15 is 0 Å². The van der Waals surface area contributed by atoms with E-state index in [0.29, 0.717) is 28.7 Å². The number of ether oxygens (including phenoxy) is 3. The Morgan fingerprint density at radius 3 is 2.47 bits per heavy atom. The molecule has 1 aromatic heterocycles. The predicted molar refractivity (Wildman–Crippen MR) is 122 cm³/mol. The van der Waals surface area contributed by atoms with Crippen molar-refractivity contribution in [2.75, 3.05) is 39.3 Å². The molecule has 0 saturated carbocycles. The molecule has 1 aliphatic heterocycles. The fourth-order valence-electron chi connectivity index (χ4n) is 4.17. The standard InChI is InChI=1S/C24H27N3O5/c1-26-12-4-5-17(15-26)27(24(28)29)16-6-8-18(9-7-16)32-21-10-11-25-20-14-23(31-3)22(30-2)13-19(20)21/h6-11,13-14,17H,4-5,12,15H2,1-3H3,(H,28,29). The molecular weight excluding hydrogens is 410 g/mol. The minimum Gasteiger partial charge on any atom is -0.493 e. The lowest BCUT2D eigenvalue weighted by atomic mass is 10.0. The Morgan fingerprint density at radius 2 is 1.81 bits per heavy atom. The lowest BCUT2D eigenvalue weighted by Gasteiger charge is -2.36. The number of anilines is 1. The Kier molecular flexibility index (Phi) is 6.32. The fraction of sp³-hybridized carbons (Fsp3) is 0.333. The molecule has 2 heterocycles. The van der Waals surface area contributed by atoms with Crippen molar-refractivity contribution in [3.05, 3.63) is 48.7 Å². The number of carboxylic acid groups (broad SMARTS) is 1. The van der Waals surface area contributed by atoms with Gasteiger partial charge in [-0.05, 0) is 62.8 Å². The zero-order chi connectivity index (χ0) is 22.7. The molecule has 1 amide bonds. The van der Waals surface area contributed by atoms with Crippen LogP contribution in [0.3, 0.4) is 0 Å². The minimum atomic E-state index is -0.944. The van der Waals surface area contributed by atoms with Crippen LogP contribution in [0.4, 0.5) is 10.5 Å². The molecule has 8 heteroatoms. The highest BCUT2D eigenvalue weighted by Crippen LogP contribution is 2.37. The van der Waals surface area contributed by atoms with E-state index in [-0.39, 0.29) is 6.04 Å². The third-order valence-corrected chi connectivity index (χ3v) is 5.72. The molecule has 1 atom stereocenters. The van der Waals surface area contributed by atoms with Crippen molar-refractivity contribution in [1.29, 1.82) is 0 Å². The highest BCUT2D eigenvalue weighted by molar-refractivity contribution is 5.89. The second-order valence-corrected chi connectivity index (χ2v) is 7.84. The number of amides is 1. The first-order valence-electron chi connectivity index (χ1n) is 10.5. The molecule has 0 spiro atoms. The van der Waals surface area contributed by atoms with Gasteiger partial charge in [0.2, 0.25) is 0 Å². The number of likely N-dealkylation sites (N-methyl/N-ethyl adjacent to an activating group) is 1. The third kappa shape index (κ3) is 4.40. The summed E-state index contributed by atoms with van der Waals surface area (Å²) in [6, 6.07) is 12.5. The van der Waals surface area contributed by atoms with Gasteiger partial charge in [-0.1, -0.05) is 0 Å². The number of nitrogens with zero attached hydrogens (tertiary/aromatic N) is 3. The van der Waals surface area contributed by atoms with Gasteiger partial charge in [0, 0.05) is 29.9 Å². The lowest BCUT2D eigenvalue weighted by Crippen LogP contribution is -2.49. The average Bonchev–Trinajstić information content (AvgIpc) is 2.79. The lowest BCUT2D eigenvalue weighted by molar-refractivity contribution is 0.188. The SMILES string of the molecule is COc1cc2nccc(Oc3ccc(N(C(=O)O)C4CCCN(C)C4)cc3)c2cc1OC. The number of benzene rings is 2. The number of carbonyl (C=O) groups is 1. The summed E-state index contributed by atoms with van der Waals surface area (Å²) in [6.07, 6.45) is 2.56. The van der Waals surface area contributed by atoms with Crippen LogP contribution in [-0.2, 0) is 0 Å². The topological polar surface area (TPSA) is 84.4 Å². The number of hydrogen-bond acceptors (Lipinski definition) is 6. The predicted octanol–water partition coefficient (Wildman–Crippen LogP) is 4.62. The number of likely N-dealkylation sites (tertiary alicyclic amines) is 1. The molecule has 0 bridgehead atoms.